The van der Waals surface area contributed by atoms with Crippen molar-refractivity contribution in [1.29, 1.82) is 0 Å². The van der Waals surface area contributed by atoms with E-state index in [9.17, 15) is 4.79 Å². The van der Waals surface area contributed by atoms with Crippen LogP contribution in [0.3, 0.4) is 0 Å². The summed E-state index contributed by atoms with van der Waals surface area (Å²) in [5.41, 5.74) is 2.26. The van der Waals surface area contributed by atoms with Crippen LogP contribution in [0.25, 0.3) is 0 Å². The second kappa shape index (κ2) is 6.37. The van der Waals surface area contributed by atoms with Crippen molar-refractivity contribution in [2.24, 2.45) is 5.92 Å². The van der Waals surface area contributed by atoms with Crippen LogP contribution in [0, 0.1) is 5.92 Å². The average molecular weight is 287 g/mol. The molecule has 0 radical (unpaired) electrons. The molecule has 1 aliphatic carbocycles. The highest BCUT2D eigenvalue weighted by Gasteiger charge is 2.22. The van der Waals surface area contributed by atoms with E-state index >= 15 is 0 Å². The van der Waals surface area contributed by atoms with Gasteiger partial charge in [0.15, 0.2) is 0 Å². The summed E-state index contributed by atoms with van der Waals surface area (Å²) in [6, 6.07) is 8.59. The number of amides is 1. The van der Waals surface area contributed by atoms with Crippen LogP contribution < -0.4 is 15.5 Å². The van der Waals surface area contributed by atoms with Gasteiger partial charge >= 0.3 is 0 Å². The molecule has 1 saturated carbocycles. The van der Waals surface area contributed by atoms with E-state index in [0.29, 0.717) is 12.6 Å². The van der Waals surface area contributed by atoms with Gasteiger partial charge in [0.25, 0.3) is 0 Å². The number of hydrogen-bond donors (Lipinski definition) is 2. The van der Waals surface area contributed by atoms with Crippen molar-refractivity contribution in [2.75, 3.05) is 29.9 Å². The van der Waals surface area contributed by atoms with Crippen LogP contribution in [-0.4, -0.2) is 31.6 Å². The molecule has 0 saturated heterocycles. The molecule has 1 aliphatic heterocycles. The number of fused-ring (bicyclic) bond motifs is 1. The molecule has 1 amide bonds. The minimum Gasteiger partial charge on any atom is -0.382 e. The molecule has 1 heterocycles. The molecule has 1 fully saturated rings. The molecule has 0 atom stereocenters. The molecular formula is C17H25N3O. The summed E-state index contributed by atoms with van der Waals surface area (Å²) in [6.45, 7) is 4.54. The van der Waals surface area contributed by atoms with Gasteiger partial charge in [-0.05, 0) is 43.7 Å². The zero-order valence-electron chi connectivity index (χ0n) is 12.8. The lowest BCUT2D eigenvalue weighted by molar-refractivity contribution is -0.120. The average Bonchev–Trinajstić information content (AvgIpc) is 2.50. The van der Waals surface area contributed by atoms with Gasteiger partial charge in [0.05, 0.1) is 17.9 Å². The fraction of sp³-hybridized carbons (Fsp3) is 0.588. The molecule has 4 nitrogen and oxygen atoms in total. The number of benzene rings is 1. The molecule has 0 aromatic heterocycles. The van der Waals surface area contributed by atoms with Crippen LogP contribution in [0.2, 0.25) is 0 Å². The van der Waals surface area contributed by atoms with Gasteiger partial charge in [-0.1, -0.05) is 19.1 Å². The first kappa shape index (κ1) is 14.2. The number of anilines is 2. The third kappa shape index (κ3) is 3.49. The maximum absolute atomic E-state index is 12.3. The van der Waals surface area contributed by atoms with E-state index in [1.807, 2.05) is 12.1 Å². The molecule has 4 heteroatoms. The Morgan fingerprint density at radius 3 is 2.86 bits per heavy atom. The molecule has 0 unspecified atom stereocenters. The molecule has 2 N–H and O–H groups in total. The van der Waals surface area contributed by atoms with Crippen molar-refractivity contribution in [1.82, 2.24) is 5.32 Å². The Hall–Kier alpha value is -1.71. The zero-order chi connectivity index (χ0) is 14.7. The number of rotatable bonds is 3. The van der Waals surface area contributed by atoms with Gasteiger partial charge < -0.3 is 15.5 Å². The van der Waals surface area contributed by atoms with Crippen LogP contribution in [-0.2, 0) is 4.79 Å². The zero-order valence-corrected chi connectivity index (χ0v) is 12.8. The van der Waals surface area contributed by atoms with Crippen LogP contribution in [0.4, 0.5) is 11.4 Å². The largest absolute Gasteiger partial charge is 0.382 e. The Balaban J connectivity index is 1.56. The molecule has 114 valence electrons. The predicted octanol–water partition coefficient (Wildman–Crippen LogP) is 2.61. The summed E-state index contributed by atoms with van der Waals surface area (Å²) in [5.74, 6) is 0.976. The Morgan fingerprint density at radius 1 is 1.29 bits per heavy atom. The first-order valence-electron chi connectivity index (χ1n) is 8.09. The lowest BCUT2D eigenvalue weighted by atomic mass is 9.87. The van der Waals surface area contributed by atoms with E-state index in [-0.39, 0.29) is 5.91 Å². The van der Waals surface area contributed by atoms with Gasteiger partial charge in [0, 0.05) is 19.1 Å². The summed E-state index contributed by atoms with van der Waals surface area (Å²) in [5, 5.41) is 6.60. The summed E-state index contributed by atoms with van der Waals surface area (Å²) >= 11 is 0. The monoisotopic (exact) mass is 287 g/mol. The maximum atomic E-state index is 12.3. The van der Waals surface area contributed by atoms with E-state index in [0.717, 1.165) is 43.2 Å². The SMILES string of the molecule is CC1CCC(NC(=O)CN2CCNc3ccccc32)CC1. The normalized spacial score (nSPS) is 24.9. The number of carbonyl (C=O) groups excluding carboxylic acids is 1. The van der Waals surface area contributed by atoms with Gasteiger partial charge in [-0.15, -0.1) is 0 Å². The second-order valence-corrected chi connectivity index (χ2v) is 6.39. The van der Waals surface area contributed by atoms with Crippen LogP contribution in [0.5, 0.6) is 0 Å². The quantitative estimate of drug-likeness (QED) is 0.898. The number of carbonyl (C=O) groups is 1. The first-order valence-corrected chi connectivity index (χ1v) is 8.09. The van der Waals surface area contributed by atoms with Gasteiger partial charge in [-0.3, -0.25) is 4.79 Å². The van der Waals surface area contributed by atoms with Crippen LogP contribution >= 0.6 is 0 Å². The molecular weight excluding hydrogens is 262 g/mol. The lowest BCUT2D eigenvalue weighted by Crippen LogP contribution is -2.45. The number of nitrogens with one attached hydrogen (secondary N) is 2. The van der Waals surface area contributed by atoms with E-state index < -0.39 is 0 Å². The van der Waals surface area contributed by atoms with E-state index in [1.54, 1.807) is 0 Å². The highest BCUT2D eigenvalue weighted by atomic mass is 16.2. The van der Waals surface area contributed by atoms with Gasteiger partial charge in [-0.25, -0.2) is 0 Å². The van der Waals surface area contributed by atoms with Crippen LogP contribution in [0.1, 0.15) is 32.6 Å². The molecule has 1 aromatic carbocycles. The summed E-state index contributed by atoms with van der Waals surface area (Å²) < 4.78 is 0. The predicted molar refractivity (Wildman–Crippen MR) is 86.7 cm³/mol. The minimum atomic E-state index is 0.159. The molecule has 1 aromatic rings. The van der Waals surface area contributed by atoms with Gasteiger partial charge in [0.1, 0.15) is 0 Å². The topological polar surface area (TPSA) is 44.4 Å². The van der Waals surface area contributed by atoms with Gasteiger partial charge in [-0.2, -0.15) is 0 Å². The van der Waals surface area contributed by atoms with Crippen LogP contribution in [0.15, 0.2) is 24.3 Å². The Labute approximate surface area is 126 Å². The maximum Gasteiger partial charge on any atom is 0.239 e. The minimum absolute atomic E-state index is 0.159. The second-order valence-electron chi connectivity index (χ2n) is 6.39. The molecule has 0 bridgehead atoms. The Kier molecular flexibility index (Phi) is 4.32. The van der Waals surface area contributed by atoms with Crippen molar-refractivity contribution in [3.8, 4) is 0 Å². The Bertz CT molecular complexity index is 495. The summed E-state index contributed by atoms with van der Waals surface area (Å²) in [6.07, 6.45) is 4.74. The highest BCUT2D eigenvalue weighted by Crippen LogP contribution is 2.28. The summed E-state index contributed by atoms with van der Waals surface area (Å²) in [7, 11) is 0. The van der Waals surface area contributed by atoms with Crippen molar-refractivity contribution in [3.05, 3.63) is 24.3 Å². The van der Waals surface area contributed by atoms with Crippen molar-refractivity contribution in [3.63, 3.8) is 0 Å². The van der Waals surface area contributed by atoms with Gasteiger partial charge in [0.2, 0.25) is 5.91 Å². The molecule has 21 heavy (non-hydrogen) atoms. The number of hydrogen-bond acceptors (Lipinski definition) is 3. The van der Waals surface area contributed by atoms with E-state index in [4.69, 9.17) is 0 Å². The van der Waals surface area contributed by atoms with E-state index in [1.165, 1.54) is 12.8 Å². The van der Waals surface area contributed by atoms with Crippen molar-refractivity contribution < 1.29 is 4.79 Å². The van der Waals surface area contributed by atoms with Crippen molar-refractivity contribution in [2.45, 2.75) is 38.6 Å². The first-order chi connectivity index (χ1) is 10.2. The number of para-hydroxylation sites is 2. The smallest absolute Gasteiger partial charge is 0.239 e. The summed E-state index contributed by atoms with van der Waals surface area (Å²) in [4.78, 5) is 14.5. The highest BCUT2D eigenvalue weighted by molar-refractivity contribution is 5.84. The Morgan fingerprint density at radius 2 is 2.05 bits per heavy atom. The van der Waals surface area contributed by atoms with E-state index in [2.05, 4.69) is 34.6 Å². The standard InChI is InChI=1S/C17H25N3O/c1-13-6-8-14(9-7-13)19-17(21)12-20-11-10-18-15-4-2-3-5-16(15)20/h2-5,13-14,18H,6-12H2,1H3,(H,19,21). The third-order valence-corrected chi connectivity index (χ3v) is 4.66. The third-order valence-electron chi connectivity index (χ3n) is 4.66. The fourth-order valence-electron chi connectivity index (χ4n) is 3.36. The molecule has 0 spiro atoms. The number of nitrogens with zero attached hydrogens (tertiary/aromatic N) is 1. The lowest BCUT2D eigenvalue weighted by Gasteiger charge is -2.32. The molecule has 3 rings (SSSR count). The molecule has 2 aliphatic rings. The fourth-order valence-corrected chi connectivity index (χ4v) is 3.36. The van der Waals surface area contributed by atoms with Crippen molar-refractivity contribution >= 4 is 17.3 Å².